The summed E-state index contributed by atoms with van der Waals surface area (Å²) >= 11 is 5.82. The van der Waals surface area contributed by atoms with Gasteiger partial charge in [-0.15, -0.1) is 0 Å². The van der Waals surface area contributed by atoms with E-state index in [1.165, 1.54) is 12.8 Å². The number of hydrogen-bond donors (Lipinski definition) is 1. The third-order valence-electron chi connectivity index (χ3n) is 3.27. The molecule has 0 saturated carbocycles. The summed E-state index contributed by atoms with van der Waals surface area (Å²) in [4.78, 5) is 6.72. The lowest BCUT2D eigenvalue weighted by Gasteiger charge is -2.25. The van der Waals surface area contributed by atoms with Crippen molar-refractivity contribution < 1.29 is 5.11 Å². The van der Waals surface area contributed by atoms with Crippen molar-refractivity contribution in [3.05, 3.63) is 29.0 Å². The average Bonchev–Trinajstić information content (AvgIpc) is 2.68. The highest BCUT2D eigenvalue weighted by Crippen LogP contribution is 2.23. The van der Waals surface area contributed by atoms with Crippen LogP contribution in [0.4, 0.5) is 0 Å². The molecule has 3 nitrogen and oxygen atoms in total. The van der Waals surface area contributed by atoms with Crippen LogP contribution in [0.25, 0.3) is 0 Å². The molecule has 1 aliphatic rings. The lowest BCUT2D eigenvalue weighted by molar-refractivity contribution is 0.130. The molecule has 2 rings (SSSR count). The number of aliphatic hydroxyl groups is 1. The van der Waals surface area contributed by atoms with E-state index in [2.05, 4.69) is 9.88 Å². The summed E-state index contributed by atoms with van der Waals surface area (Å²) in [6.07, 6.45) is 4.71. The smallest absolute Gasteiger partial charge is 0.0589 e. The zero-order valence-electron chi connectivity index (χ0n) is 10.1. The molecule has 0 bridgehead atoms. The predicted octanol–water partition coefficient (Wildman–Crippen LogP) is 2.47. The first kappa shape index (κ1) is 12.8. The highest BCUT2D eigenvalue weighted by molar-refractivity contribution is 6.30. The van der Waals surface area contributed by atoms with Gasteiger partial charge >= 0.3 is 0 Å². The largest absolute Gasteiger partial charge is 0.393 e. The maximum atomic E-state index is 9.47. The first-order valence-corrected chi connectivity index (χ1v) is 6.55. The highest BCUT2D eigenvalue weighted by atomic mass is 35.5. The Hall–Kier alpha value is -0.640. The first-order valence-electron chi connectivity index (χ1n) is 6.17. The molecule has 17 heavy (non-hydrogen) atoms. The lowest BCUT2D eigenvalue weighted by Crippen LogP contribution is -2.31. The molecule has 1 saturated heterocycles. The Kier molecular flexibility index (Phi) is 4.37. The van der Waals surface area contributed by atoms with Gasteiger partial charge in [0.25, 0.3) is 0 Å². The Balaban J connectivity index is 1.95. The first-order chi connectivity index (χ1) is 8.15. The molecule has 2 unspecified atom stereocenters. The predicted molar refractivity (Wildman–Crippen MR) is 69.0 cm³/mol. The maximum Gasteiger partial charge on any atom is 0.0589 e. The van der Waals surface area contributed by atoms with Crippen molar-refractivity contribution >= 4 is 11.6 Å². The highest BCUT2D eigenvalue weighted by Gasteiger charge is 2.25. The van der Waals surface area contributed by atoms with E-state index in [1.54, 1.807) is 6.20 Å². The Morgan fingerprint density at radius 2 is 2.41 bits per heavy atom. The number of rotatable bonds is 4. The van der Waals surface area contributed by atoms with Crippen LogP contribution in [-0.4, -0.2) is 33.7 Å². The summed E-state index contributed by atoms with van der Waals surface area (Å²) in [5.74, 6) is 0. The molecule has 94 valence electrons. The number of pyridine rings is 1. The molecule has 1 aliphatic heterocycles. The minimum atomic E-state index is -0.223. The zero-order chi connectivity index (χ0) is 12.3. The van der Waals surface area contributed by atoms with Crippen molar-refractivity contribution in [1.82, 2.24) is 9.88 Å². The van der Waals surface area contributed by atoms with E-state index in [0.29, 0.717) is 11.1 Å². The minimum absolute atomic E-state index is 0.223. The molecule has 0 aromatic carbocycles. The maximum absolute atomic E-state index is 9.47. The van der Waals surface area contributed by atoms with Gasteiger partial charge in [0.1, 0.15) is 0 Å². The molecule has 0 radical (unpaired) electrons. The van der Waals surface area contributed by atoms with E-state index >= 15 is 0 Å². The SMILES string of the molecule is CC(O)CC1CCCN1Cc1ccc(Cl)cn1. The third kappa shape index (κ3) is 3.66. The van der Waals surface area contributed by atoms with Gasteiger partial charge in [-0.3, -0.25) is 9.88 Å². The van der Waals surface area contributed by atoms with Gasteiger partial charge in [0.2, 0.25) is 0 Å². The van der Waals surface area contributed by atoms with Crippen molar-refractivity contribution in [2.45, 2.75) is 44.9 Å². The van der Waals surface area contributed by atoms with Crippen LogP contribution in [-0.2, 0) is 6.54 Å². The van der Waals surface area contributed by atoms with E-state index in [0.717, 1.165) is 25.2 Å². The quantitative estimate of drug-likeness (QED) is 0.897. The van der Waals surface area contributed by atoms with Gasteiger partial charge in [0.15, 0.2) is 0 Å². The summed E-state index contributed by atoms with van der Waals surface area (Å²) < 4.78 is 0. The van der Waals surface area contributed by atoms with E-state index in [4.69, 9.17) is 11.6 Å². The van der Waals surface area contributed by atoms with Gasteiger partial charge in [-0.2, -0.15) is 0 Å². The number of aromatic nitrogens is 1. The molecule has 4 heteroatoms. The monoisotopic (exact) mass is 254 g/mol. The summed E-state index contributed by atoms with van der Waals surface area (Å²) in [6.45, 7) is 3.81. The van der Waals surface area contributed by atoms with Gasteiger partial charge in [-0.1, -0.05) is 11.6 Å². The van der Waals surface area contributed by atoms with Crippen LogP contribution < -0.4 is 0 Å². The Bertz CT molecular complexity index is 353. The fourth-order valence-electron chi connectivity index (χ4n) is 2.47. The second-order valence-electron chi connectivity index (χ2n) is 4.82. The number of halogens is 1. The van der Waals surface area contributed by atoms with Crippen LogP contribution in [0.15, 0.2) is 18.3 Å². The number of aliphatic hydroxyl groups excluding tert-OH is 1. The van der Waals surface area contributed by atoms with Crippen LogP contribution in [0, 0.1) is 0 Å². The topological polar surface area (TPSA) is 36.4 Å². The fraction of sp³-hybridized carbons (Fsp3) is 0.615. The van der Waals surface area contributed by atoms with Gasteiger partial charge in [0.05, 0.1) is 16.8 Å². The lowest BCUT2D eigenvalue weighted by atomic mass is 10.1. The fourth-order valence-corrected chi connectivity index (χ4v) is 2.58. The molecular weight excluding hydrogens is 236 g/mol. The van der Waals surface area contributed by atoms with E-state index in [9.17, 15) is 5.11 Å². The molecule has 0 spiro atoms. The Labute approximate surface area is 107 Å². The summed E-state index contributed by atoms with van der Waals surface area (Å²) in [7, 11) is 0. The van der Waals surface area contributed by atoms with Crippen LogP contribution in [0.5, 0.6) is 0 Å². The van der Waals surface area contributed by atoms with E-state index in [-0.39, 0.29) is 6.10 Å². The van der Waals surface area contributed by atoms with Crippen LogP contribution in [0.1, 0.15) is 31.9 Å². The van der Waals surface area contributed by atoms with Crippen molar-refractivity contribution in [3.8, 4) is 0 Å². The minimum Gasteiger partial charge on any atom is -0.393 e. The summed E-state index contributed by atoms with van der Waals surface area (Å²) in [5, 5.41) is 10.1. The molecule has 1 aromatic heterocycles. The van der Waals surface area contributed by atoms with Crippen LogP contribution >= 0.6 is 11.6 Å². The Morgan fingerprint density at radius 1 is 1.59 bits per heavy atom. The number of likely N-dealkylation sites (tertiary alicyclic amines) is 1. The normalized spacial score (nSPS) is 22.9. The van der Waals surface area contributed by atoms with Crippen LogP contribution in [0.3, 0.4) is 0 Å². The van der Waals surface area contributed by atoms with E-state index < -0.39 is 0 Å². The summed E-state index contributed by atoms with van der Waals surface area (Å²) in [6, 6.07) is 4.34. The second kappa shape index (κ2) is 5.80. The standard InChI is InChI=1S/C13H19ClN2O/c1-10(17)7-13-3-2-6-16(13)9-12-5-4-11(14)8-15-12/h4-5,8,10,13,17H,2-3,6-7,9H2,1H3. The Morgan fingerprint density at radius 3 is 3.06 bits per heavy atom. The summed E-state index contributed by atoms with van der Waals surface area (Å²) in [5.41, 5.74) is 1.05. The molecule has 2 atom stereocenters. The van der Waals surface area contributed by atoms with Gasteiger partial charge < -0.3 is 5.11 Å². The molecule has 1 aromatic rings. The van der Waals surface area contributed by atoms with Crippen molar-refractivity contribution in [1.29, 1.82) is 0 Å². The molecule has 2 heterocycles. The third-order valence-corrected chi connectivity index (χ3v) is 3.49. The van der Waals surface area contributed by atoms with Crippen molar-refractivity contribution in [3.63, 3.8) is 0 Å². The van der Waals surface area contributed by atoms with Gasteiger partial charge in [-0.25, -0.2) is 0 Å². The molecule has 1 N–H and O–H groups in total. The molecular formula is C13H19ClN2O. The number of nitrogens with zero attached hydrogens (tertiary/aromatic N) is 2. The molecule has 0 amide bonds. The van der Waals surface area contributed by atoms with Gasteiger partial charge in [0, 0.05) is 18.8 Å². The van der Waals surface area contributed by atoms with Crippen LogP contribution in [0.2, 0.25) is 5.02 Å². The molecule has 0 aliphatic carbocycles. The van der Waals surface area contributed by atoms with Crippen molar-refractivity contribution in [2.75, 3.05) is 6.54 Å². The molecule has 1 fully saturated rings. The van der Waals surface area contributed by atoms with Gasteiger partial charge in [-0.05, 0) is 44.9 Å². The average molecular weight is 255 g/mol. The van der Waals surface area contributed by atoms with E-state index in [1.807, 2.05) is 19.1 Å². The second-order valence-corrected chi connectivity index (χ2v) is 5.26. The number of hydrogen-bond acceptors (Lipinski definition) is 3. The van der Waals surface area contributed by atoms with Crippen molar-refractivity contribution in [2.24, 2.45) is 0 Å². The zero-order valence-corrected chi connectivity index (χ0v) is 10.9.